The van der Waals surface area contributed by atoms with Crippen molar-refractivity contribution >= 4 is 45.7 Å². The molecule has 5 heterocycles. The predicted octanol–water partition coefficient (Wildman–Crippen LogP) is 4.51. The fourth-order valence-electron chi connectivity index (χ4n) is 9.46. The Kier molecular flexibility index (Phi) is 15.7. The lowest BCUT2D eigenvalue weighted by molar-refractivity contribution is -0.148. The number of piperidine rings is 2. The molecule has 3 amide bonds. The third kappa shape index (κ3) is 11.7. The highest BCUT2D eigenvalue weighted by Gasteiger charge is 2.34. The second-order valence-electron chi connectivity index (χ2n) is 18.4. The molecule has 0 aliphatic carbocycles. The summed E-state index contributed by atoms with van der Waals surface area (Å²) in [5.74, 6) is -0.805. The van der Waals surface area contributed by atoms with Crippen LogP contribution in [0.25, 0.3) is 21.8 Å². The number of carbonyl (C=O) groups is 4. The first-order valence-corrected chi connectivity index (χ1v) is 23.3. The molecular weight excluding hydrogens is 815 g/mol. The summed E-state index contributed by atoms with van der Waals surface area (Å²) in [6, 6.07) is 12.6. The van der Waals surface area contributed by atoms with Crippen LogP contribution in [-0.2, 0) is 37.0 Å². The van der Waals surface area contributed by atoms with Crippen LogP contribution in [0.2, 0.25) is 0 Å². The molecule has 2 aromatic heterocycles. The van der Waals surface area contributed by atoms with E-state index in [-0.39, 0.29) is 55.1 Å². The van der Waals surface area contributed by atoms with Crippen molar-refractivity contribution in [2.24, 2.45) is 11.7 Å². The zero-order chi connectivity index (χ0) is 45.3. The number of nitrogens with one attached hydrogen (secondary N) is 2. The maximum Gasteiger partial charge on any atom is 0.323 e. The minimum absolute atomic E-state index is 0.00634. The Morgan fingerprint density at radius 1 is 0.875 bits per heavy atom. The van der Waals surface area contributed by atoms with Gasteiger partial charge in [-0.05, 0) is 119 Å². The van der Waals surface area contributed by atoms with Crippen molar-refractivity contribution < 1.29 is 28.7 Å². The number of aromatic amines is 1. The number of para-hydroxylation sites is 1. The molecule has 3 saturated heterocycles. The maximum absolute atomic E-state index is 14.5. The van der Waals surface area contributed by atoms with E-state index in [2.05, 4.69) is 32.2 Å². The summed E-state index contributed by atoms with van der Waals surface area (Å²) in [5.41, 5.74) is 9.91. The molecule has 4 N–H and O–H groups in total. The zero-order valence-electron chi connectivity index (χ0n) is 38.1. The van der Waals surface area contributed by atoms with Crippen LogP contribution in [0.3, 0.4) is 0 Å². The zero-order valence-corrected chi connectivity index (χ0v) is 38.1. The largest absolute Gasteiger partial charge is 0.465 e. The highest BCUT2D eigenvalue weighted by atomic mass is 16.5. The smallest absolute Gasteiger partial charge is 0.323 e. The number of ether oxygens (including phenoxy) is 2. The van der Waals surface area contributed by atoms with Gasteiger partial charge in [0.2, 0.25) is 5.91 Å². The molecule has 2 atom stereocenters. The number of aromatic nitrogens is 3. The first kappa shape index (κ1) is 46.7. The SMILES string of the molecule is Cc1cc(C[C@@H](NC(=O)N2CCC(c3cc4ccccc4[nH]c3=O)CC2)C(=O)N2CCN(C3CCN(C)CC3)CC2)cc2cnn(COC(=O)CCCCCOC(=O)[C@@H](N)C(C)C)c12. The average molecular weight is 882 g/mol. The Hall–Kier alpha value is -5.32. The second-order valence-corrected chi connectivity index (χ2v) is 18.4. The highest BCUT2D eigenvalue weighted by molar-refractivity contribution is 5.88. The summed E-state index contributed by atoms with van der Waals surface area (Å²) in [7, 11) is 2.17. The normalized spacial score (nSPS) is 18.1. The van der Waals surface area contributed by atoms with Crippen molar-refractivity contribution in [1.82, 2.24) is 39.7 Å². The van der Waals surface area contributed by atoms with Crippen molar-refractivity contribution in [3.63, 3.8) is 0 Å². The number of rotatable bonds is 16. The number of hydrogen-bond donors (Lipinski definition) is 3. The molecule has 346 valence electrons. The van der Waals surface area contributed by atoms with Crippen LogP contribution in [0.15, 0.2) is 53.5 Å². The number of unbranched alkanes of at least 4 members (excludes halogenated alkanes) is 2. The number of likely N-dealkylation sites (tertiary alicyclic amines) is 2. The van der Waals surface area contributed by atoms with Gasteiger partial charge >= 0.3 is 18.0 Å². The summed E-state index contributed by atoms with van der Waals surface area (Å²) in [6.45, 7) is 11.9. The lowest BCUT2D eigenvalue weighted by atomic mass is 9.89. The maximum atomic E-state index is 14.5. The van der Waals surface area contributed by atoms with Gasteiger partial charge in [0.1, 0.15) is 12.1 Å². The Morgan fingerprint density at radius 3 is 2.34 bits per heavy atom. The number of hydrogen-bond acceptors (Lipinski definition) is 11. The van der Waals surface area contributed by atoms with E-state index >= 15 is 0 Å². The number of nitrogens with two attached hydrogens (primary N) is 1. The van der Waals surface area contributed by atoms with Gasteiger partial charge in [0.05, 0.1) is 18.3 Å². The molecule has 3 aliphatic rings. The van der Waals surface area contributed by atoms with Crippen LogP contribution in [0, 0.1) is 12.8 Å². The molecule has 0 bridgehead atoms. The summed E-state index contributed by atoms with van der Waals surface area (Å²) in [5, 5.41) is 9.51. The van der Waals surface area contributed by atoms with Crippen LogP contribution in [0.1, 0.15) is 87.8 Å². The third-order valence-electron chi connectivity index (χ3n) is 13.5. The van der Waals surface area contributed by atoms with E-state index < -0.39 is 18.1 Å². The molecule has 0 spiro atoms. The van der Waals surface area contributed by atoms with E-state index in [0.29, 0.717) is 70.7 Å². The number of benzene rings is 2. The van der Waals surface area contributed by atoms with Gasteiger partial charge in [-0.15, -0.1) is 0 Å². The molecular formula is C48H67N9O7. The van der Waals surface area contributed by atoms with Crippen molar-refractivity contribution in [1.29, 1.82) is 0 Å². The fraction of sp³-hybridized carbons (Fsp3) is 0.583. The molecule has 7 rings (SSSR count). The van der Waals surface area contributed by atoms with Gasteiger partial charge in [0.25, 0.3) is 5.56 Å². The van der Waals surface area contributed by atoms with E-state index in [1.807, 2.05) is 68.1 Å². The molecule has 0 saturated carbocycles. The number of amides is 3. The fourth-order valence-corrected chi connectivity index (χ4v) is 9.46. The van der Waals surface area contributed by atoms with Crippen molar-refractivity contribution in [3.8, 4) is 0 Å². The van der Waals surface area contributed by atoms with E-state index in [0.717, 1.165) is 77.5 Å². The molecule has 4 aromatic rings. The van der Waals surface area contributed by atoms with Gasteiger partial charge in [-0.1, -0.05) is 38.1 Å². The summed E-state index contributed by atoms with van der Waals surface area (Å²) < 4.78 is 12.5. The molecule has 2 aromatic carbocycles. The van der Waals surface area contributed by atoms with Gasteiger partial charge in [-0.2, -0.15) is 5.10 Å². The molecule has 3 fully saturated rings. The lowest BCUT2D eigenvalue weighted by Crippen LogP contribution is -2.59. The average Bonchev–Trinajstić information content (AvgIpc) is 3.72. The van der Waals surface area contributed by atoms with Crippen LogP contribution in [0.5, 0.6) is 0 Å². The Morgan fingerprint density at radius 2 is 1.61 bits per heavy atom. The minimum atomic E-state index is -0.791. The highest BCUT2D eigenvalue weighted by Crippen LogP contribution is 2.28. The number of nitrogens with zero attached hydrogens (tertiary/aromatic N) is 6. The first-order valence-electron chi connectivity index (χ1n) is 23.3. The van der Waals surface area contributed by atoms with E-state index in [1.165, 1.54) is 0 Å². The van der Waals surface area contributed by atoms with E-state index in [4.69, 9.17) is 15.2 Å². The topological polar surface area (TPSA) is 188 Å². The van der Waals surface area contributed by atoms with E-state index in [1.54, 1.807) is 15.8 Å². The molecule has 3 aliphatic heterocycles. The molecule has 64 heavy (non-hydrogen) atoms. The standard InChI is InChI=1S/C48H67N9O7/c1-32(2)43(49)47(61)63-25-9-5-6-12-42(58)64-31-57-44-33(3)26-34(27-37(44)30-50-57)28-41(46(60)55-23-21-54(22-24-55)38-15-17-53(4)18-16-38)52-48(62)56-19-13-35(14-20-56)39-29-36-10-7-8-11-40(36)51-45(39)59/h7-8,10-11,26-27,29-30,32,35,38,41,43H,5-6,9,12-25,28,31,49H2,1-4H3,(H,51,59)(H,52,62)/t41-,43+/m1/s1. The monoisotopic (exact) mass is 882 g/mol. The summed E-state index contributed by atoms with van der Waals surface area (Å²) in [4.78, 5) is 77.7. The van der Waals surface area contributed by atoms with Gasteiger partial charge in [-0.3, -0.25) is 24.1 Å². The molecule has 0 unspecified atom stereocenters. The van der Waals surface area contributed by atoms with Gasteiger partial charge in [-0.25, -0.2) is 9.48 Å². The Bertz CT molecular complexity index is 2300. The number of carbonyl (C=O) groups excluding carboxylic acids is 4. The Labute approximate surface area is 375 Å². The van der Waals surface area contributed by atoms with E-state index in [9.17, 15) is 24.0 Å². The number of H-pyrrole nitrogens is 1. The minimum Gasteiger partial charge on any atom is -0.465 e. The van der Waals surface area contributed by atoms with Crippen LogP contribution < -0.4 is 16.6 Å². The number of esters is 2. The number of urea groups is 1. The molecule has 16 heteroatoms. The second kappa shape index (κ2) is 21.6. The number of pyridine rings is 1. The summed E-state index contributed by atoms with van der Waals surface area (Å²) in [6.07, 6.45) is 7.76. The summed E-state index contributed by atoms with van der Waals surface area (Å²) >= 11 is 0. The number of aryl methyl sites for hydroxylation is 1. The quantitative estimate of drug-likeness (QED) is 0.106. The lowest BCUT2D eigenvalue weighted by Gasteiger charge is -2.43. The number of piperazine rings is 1. The van der Waals surface area contributed by atoms with Crippen LogP contribution in [-0.4, -0.2) is 142 Å². The van der Waals surface area contributed by atoms with Crippen LogP contribution in [0.4, 0.5) is 4.79 Å². The third-order valence-corrected chi connectivity index (χ3v) is 13.5. The first-order chi connectivity index (χ1) is 30.8. The van der Waals surface area contributed by atoms with Gasteiger partial charge in [0, 0.05) is 74.6 Å². The van der Waals surface area contributed by atoms with Crippen molar-refractivity contribution in [2.75, 3.05) is 66.0 Å². The van der Waals surface area contributed by atoms with Gasteiger partial charge in [0.15, 0.2) is 6.73 Å². The molecule has 16 nitrogen and oxygen atoms in total. The van der Waals surface area contributed by atoms with Crippen molar-refractivity contribution in [3.05, 3.63) is 75.7 Å². The van der Waals surface area contributed by atoms with Gasteiger partial charge < -0.3 is 40.2 Å². The Balaban J connectivity index is 0.967. The number of fused-ring (bicyclic) bond motifs is 2. The molecule has 0 radical (unpaired) electrons. The van der Waals surface area contributed by atoms with Crippen LogP contribution >= 0.6 is 0 Å². The van der Waals surface area contributed by atoms with Crippen molar-refractivity contribution in [2.45, 2.75) is 109 Å². The predicted molar refractivity (Wildman–Crippen MR) is 246 cm³/mol.